The summed E-state index contributed by atoms with van der Waals surface area (Å²) < 4.78 is 15.3. The molecule has 3 rings (SSSR count). The van der Waals surface area contributed by atoms with Crippen molar-refractivity contribution in [1.29, 1.82) is 0 Å². The number of rotatable bonds is 4. The van der Waals surface area contributed by atoms with Gasteiger partial charge in [-0.05, 0) is 61.7 Å². The first-order chi connectivity index (χ1) is 9.97. The lowest BCUT2D eigenvalue weighted by Crippen LogP contribution is -2.16. The third kappa shape index (κ3) is 2.75. The van der Waals surface area contributed by atoms with Crippen molar-refractivity contribution in [1.82, 2.24) is 14.8 Å². The predicted octanol–water partition coefficient (Wildman–Crippen LogP) is 2.56. The summed E-state index contributed by atoms with van der Waals surface area (Å²) in [5.74, 6) is -0.350. The van der Waals surface area contributed by atoms with Gasteiger partial charge in [-0.25, -0.2) is 14.3 Å². The third-order valence-electron chi connectivity index (χ3n) is 3.53. The maximum absolute atomic E-state index is 13.7. The average Bonchev–Trinajstić information content (AvgIpc) is 3.18. The van der Waals surface area contributed by atoms with E-state index in [0.717, 1.165) is 12.8 Å². The van der Waals surface area contributed by atoms with Gasteiger partial charge in [0.05, 0.1) is 6.10 Å². The van der Waals surface area contributed by atoms with Crippen LogP contribution in [0.1, 0.15) is 43.0 Å². The van der Waals surface area contributed by atoms with Gasteiger partial charge in [0, 0.05) is 10.9 Å². The molecular formula is C14H16FN3O2S. The number of hydrogen-bond acceptors (Lipinski definition) is 4. The summed E-state index contributed by atoms with van der Waals surface area (Å²) in [5, 5.41) is 16.9. The molecule has 1 heterocycles. The molecule has 1 atom stereocenters. The minimum atomic E-state index is -0.789. The number of aromatic amines is 1. The first-order valence-corrected chi connectivity index (χ1v) is 7.62. The van der Waals surface area contributed by atoms with Crippen molar-refractivity contribution in [2.45, 2.75) is 48.9 Å². The standard InChI is InChI=1S/C14H16FN3O2S/c1-7-5-12(10(8(2)19)6-11(7)15)21-14-17-16-13(20)18(14)9-3-4-9/h5-6,8-9,19H,3-4H2,1-2H3,(H,16,20)/t8-/m1/s1. The van der Waals surface area contributed by atoms with E-state index in [4.69, 9.17) is 0 Å². The summed E-state index contributed by atoms with van der Waals surface area (Å²) in [6.45, 7) is 3.26. The van der Waals surface area contributed by atoms with Gasteiger partial charge >= 0.3 is 5.69 Å². The van der Waals surface area contributed by atoms with E-state index in [9.17, 15) is 14.3 Å². The van der Waals surface area contributed by atoms with E-state index >= 15 is 0 Å². The number of halogens is 1. The number of nitrogens with one attached hydrogen (secondary N) is 1. The maximum Gasteiger partial charge on any atom is 0.344 e. The second-order valence-corrected chi connectivity index (χ2v) is 6.34. The summed E-state index contributed by atoms with van der Waals surface area (Å²) in [6, 6.07) is 3.22. The minimum Gasteiger partial charge on any atom is -0.389 e. The molecule has 2 aromatic rings. The van der Waals surface area contributed by atoms with Crippen LogP contribution in [-0.4, -0.2) is 19.9 Å². The van der Waals surface area contributed by atoms with Crippen molar-refractivity contribution in [2.75, 3.05) is 0 Å². The quantitative estimate of drug-likeness (QED) is 0.910. The van der Waals surface area contributed by atoms with E-state index < -0.39 is 6.10 Å². The highest BCUT2D eigenvalue weighted by Crippen LogP contribution is 2.39. The minimum absolute atomic E-state index is 0.204. The van der Waals surface area contributed by atoms with Crippen LogP contribution >= 0.6 is 11.8 Å². The molecule has 21 heavy (non-hydrogen) atoms. The van der Waals surface area contributed by atoms with Crippen molar-refractivity contribution in [3.63, 3.8) is 0 Å². The zero-order valence-corrected chi connectivity index (χ0v) is 12.6. The molecule has 1 aliphatic carbocycles. The fourth-order valence-electron chi connectivity index (χ4n) is 2.20. The van der Waals surface area contributed by atoms with Crippen LogP contribution in [0.4, 0.5) is 4.39 Å². The molecule has 112 valence electrons. The van der Waals surface area contributed by atoms with E-state index in [1.54, 1.807) is 24.5 Å². The van der Waals surface area contributed by atoms with Gasteiger partial charge in [-0.3, -0.25) is 4.57 Å². The Hall–Kier alpha value is -1.60. The third-order valence-corrected chi connectivity index (χ3v) is 4.57. The lowest BCUT2D eigenvalue weighted by Gasteiger charge is -2.13. The molecule has 1 aromatic carbocycles. The Balaban J connectivity index is 2.02. The highest BCUT2D eigenvalue weighted by molar-refractivity contribution is 7.99. The maximum atomic E-state index is 13.7. The SMILES string of the molecule is Cc1cc(Sc2n[nH]c(=O)n2C2CC2)c([C@@H](C)O)cc1F. The summed E-state index contributed by atoms with van der Waals surface area (Å²) in [4.78, 5) is 12.5. The fraction of sp³-hybridized carbons (Fsp3) is 0.429. The predicted molar refractivity (Wildman–Crippen MR) is 77.0 cm³/mol. The smallest absolute Gasteiger partial charge is 0.344 e. The lowest BCUT2D eigenvalue weighted by atomic mass is 10.1. The summed E-state index contributed by atoms with van der Waals surface area (Å²) in [6.07, 6.45) is 1.15. The Kier molecular flexibility index (Phi) is 3.62. The molecule has 0 spiro atoms. The van der Waals surface area contributed by atoms with E-state index in [-0.39, 0.29) is 17.5 Å². The highest BCUT2D eigenvalue weighted by atomic mass is 32.2. The molecule has 7 heteroatoms. The largest absolute Gasteiger partial charge is 0.389 e. The van der Waals surface area contributed by atoms with Gasteiger partial charge in [0.2, 0.25) is 0 Å². The Labute approximate surface area is 125 Å². The van der Waals surface area contributed by atoms with Gasteiger partial charge in [-0.2, -0.15) is 0 Å². The van der Waals surface area contributed by atoms with Crippen molar-refractivity contribution < 1.29 is 9.50 Å². The molecule has 2 N–H and O–H groups in total. The van der Waals surface area contributed by atoms with E-state index in [1.165, 1.54) is 17.8 Å². The Morgan fingerprint density at radius 3 is 2.86 bits per heavy atom. The number of aryl methyl sites for hydroxylation is 1. The zero-order valence-electron chi connectivity index (χ0n) is 11.8. The normalized spacial score (nSPS) is 16.2. The number of benzene rings is 1. The topological polar surface area (TPSA) is 70.9 Å². The highest BCUT2D eigenvalue weighted by Gasteiger charge is 2.29. The molecule has 0 saturated heterocycles. The van der Waals surface area contributed by atoms with E-state index in [2.05, 4.69) is 10.2 Å². The fourth-order valence-corrected chi connectivity index (χ4v) is 3.40. The van der Waals surface area contributed by atoms with Crippen LogP contribution in [0.25, 0.3) is 0 Å². The molecule has 0 aliphatic heterocycles. The van der Waals surface area contributed by atoms with Crippen LogP contribution in [0.5, 0.6) is 0 Å². The molecule has 0 radical (unpaired) electrons. The Morgan fingerprint density at radius 1 is 1.52 bits per heavy atom. The Bertz CT molecular complexity index is 734. The summed E-state index contributed by atoms with van der Waals surface area (Å²) >= 11 is 1.28. The van der Waals surface area contributed by atoms with Crippen LogP contribution in [0.3, 0.4) is 0 Å². The molecule has 1 aliphatic rings. The van der Waals surface area contributed by atoms with E-state index in [1.807, 2.05) is 0 Å². The molecule has 0 bridgehead atoms. The number of H-pyrrole nitrogens is 1. The van der Waals surface area contributed by atoms with Gasteiger partial charge in [-0.15, -0.1) is 5.10 Å². The van der Waals surface area contributed by atoms with Crippen LogP contribution in [0.15, 0.2) is 27.0 Å². The van der Waals surface area contributed by atoms with Gasteiger partial charge in [-0.1, -0.05) is 0 Å². The second-order valence-electron chi connectivity index (χ2n) is 5.33. The van der Waals surface area contributed by atoms with Crippen molar-refractivity contribution >= 4 is 11.8 Å². The molecule has 1 fully saturated rings. The van der Waals surface area contributed by atoms with Crippen LogP contribution in [0.2, 0.25) is 0 Å². The summed E-state index contributed by atoms with van der Waals surface area (Å²) in [7, 11) is 0. The molecule has 0 unspecified atom stereocenters. The van der Waals surface area contributed by atoms with Gasteiger partial charge < -0.3 is 5.11 Å². The molecular weight excluding hydrogens is 293 g/mol. The van der Waals surface area contributed by atoms with Crippen molar-refractivity contribution in [3.8, 4) is 0 Å². The molecule has 0 amide bonds. The molecule has 1 saturated carbocycles. The number of aliphatic hydroxyl groups excluding tert-OH is 1. The zero-order chi connectivity index (χ0) is 15.1. The lowest BCUT2D eigenvalue weighted by molar-refractivity contribution is 0.196. The Morgan fingerprint density at radius 2 is 2.24 bits per heavy atom. The first-order valence-electron chi connectivity index (χ1n) is 6.80. The number of aliphatic hydroxyl groups is 1. The first kappa shape index (κ1) is 14.3. The number of nitrogens with zero attached hydrogens (tertiary/aromatic N) is 2. The molecule has 1 aromatic heterocycles. The average molecular weight is 309 g/mol. The number of hydrogen-bond donors (Lipinski definition) is 2. The van der Waals surface area contributed by atoms with Gasteiger partial charge in [0.1, 0.15) is 5.82 Å². The van der Waals surface area contributed by atoms with Gasteiger partial charge in [0.25, 0.3) is 0 Å². The van der Waals surface area contributed by atoms with Crippen LogP contribution < -0.4 is 5.69 Å². The van der Waals surface area contributed by atoms with Crippen molar-refractivity contribution in [3.05, 3.63) is 39.6 Å². The monoisotopic (exact) mass is 309 g/mol. The van der Waals surface area contributed by atoms with Crippen molar-refractivity contribution in [2.24, 2.45) is 0 Å². The second kappa shape index (κ2) is 5.31. The van der Waals surface area contributed by atoms with E-state index in [0.29, 0.717) is 21.2 Å². The molecule has 5 nitrogen and oxygen atoms in total. The summed E-state index contributed by atoms with van der Waals surface area (Å²) in [5.41, 5.74) is 0.774. The number of aromatic nitrogens is 3. The van der Waals surface area contributed by atoms with Crippen LogP contribution in [0, 0.1) is 12.7 Å². The van der Waals surface area contributed by atoms with Crippen LogP contribution in [-0.2, 0) is 0 Å². The van der Waals surface area contributed by atoms with Gasteiger partial charge in [0.15, 0.2) is 5.16 Å².